The van der Waals surface area contributed by atoms with Crippen LogP contribution in [0, 0.1) is 10.1 Å². The number of carboxylic acid groups (broad SMARTS) is 1. The highest BCUT2D eigenvalue weighted by Gasteiger charge is 2.20. The number of carbonyl (C=O) groups is 1. The zero-order chi connectivity index (χ0) is 21.7. The van der Waals surface area contributed by atoms with Gasteiger partial charge in [-0.05, 0) is 42.4 Å². The van der Waals surface area contributed by atoms with E-state index in [9.17, 15) is 20.0 Å². The van der Waals surface area contributed by atoms with Gasteiger partial charge >= 0.3 is 5.97 Å². The van der Waals surface area contributed by atoms with Crippen molar-refractivity contribution in [2.24, 2.45) is 0 Å². The Balaban J connectivity index is 1.89. The molecule has 30 heavy (non-hydrogen) atoms. The van der Waals surface area contributed by atoms with Crippen molar-refractivity contribution in [3.8, 4) is 17.1 Å². The minimum absolute atomic E-state index is 0.0535. The summed E-state index contributed by atoms with van der Waals surface area (Å²) < 4.78 is 10.7. The number of aromatic nitrogens is 3. The summed E-state index contributed by atoms with van der Waals surface area (Å²) >= 11 is 0.880. The van der Waals surface area contributed by atoms with Crippen molar-refractivity contribution in [3.63, 3.8) is 0 Å². The molecule has 0 unspecified atom stereocenters. The van der Waals surface area contributed by atoms with Gasteiger partial charge in [-0.2, -0.15) is 0 Å². The van der Waals surface area contributed by atoms with Crippen molar-refractivity contribution in [1.82, 2.24) is 15.2 Å². The van der Waals surface area contributed by atoms with Crippen LogP contribution in [0.15, 0.2) is 44.8 Å². The fourth-order valence-corrected chi connectivity index (χ4v) is 3.31. The minimum atomic E-state index is -1.17. The average Bonchev–Trinajstić information content (AvgIpc) is 3.36. The van der Waals surface area contributed by atoms with Gasteiger partial charge in [0, 0.05) is 12.5 Å². The highest BCUT2D eigenvalue weighted by Crippen LogP contribution is 2.35. The van der Waals surface area contributed by atoms with Gasteiger partial charge in [0.15, 0.2) is 0 Å². The van der Waals surface area contributed by atoms with Crippen LogP contribution >= 0.6 is 11.8 Å². The van der Waals surface area contributed by atoms with E-state index < -0.39 is 10.9 Å². The van der Waals surface area contributed by atoms with Crippen molar-refractivity contribution in [1.29, 1.82) is 0 Å². The number of H-pyrrole nitrogens is 1. The molecule has 11 heteroatoms. The highest BCUT2D eigenvalue weighted by molar-refractivity contribution is 8.04. The number of aliphatic carboxylic acids is 1. The van der Waals surface area contributed by atoms with E-state index in [0.29, 0.717) is 18.0 Å². The van der Waals surface area contributed by atoms with Gasteiger partial charge in [0.25, 0.3) is 5.69 Å². The predicted molar refractivity (Wildman–Crippen MR) is 109 cm³/mol. The first-order valence-electron chi connectivity index (χ1n) is 8.88. The molecule has 1 aromatic carbocycles. The molecule has 2 N–H and O–H groups in total. The standard InChI is InChI=1S/C19H18N4O6S/c1-3-4-17-20-19(22-21-17)30-16(18(24)25)10-12-6-8-15(29-12)13-7-5-11(28-2)9-14(13)23(26)27/h5-10H,3-4H2,1-2H3,(H,24,25)(H,20,21,22)/b16-10-. The number of furan rings is 1. The van der Waals surface area contributed by atoms with E-state index in [1.165, 1.54) is 37.5 Å². The lowest BCUT2D eigenvalue weighted by molar-refractivity contribution is -0.384. The molecule has 0 amide bonds. The van der Waals surface area contributed by atoms with E-state index in [1.807, 2.05) is 6.92 Å². The summed E-state index contributed by atoms with van der Waals surface area (Å²) in [5.74, 6) is 0.306. The van der Waals surface area contributed by atoms with E-state index in [-0.39, 0.29) is 32.8 Å². The average molecular weight is 430 g/mol. The van der Waals surface area contributed by atoms with E-state index in [2.05, 4.69) is 15.2 Å². The fraction of sp³-hybridized carbons (Fsp3) is 0.211. The van der Waals surface area contributed by atoms with Gasteiger partial charge in [0.1, 0.15) is 28.0 Å². The first-order chi connectivity index (χ1) is 14.4. The predicted octanol–water partition coefficient (Wildman–Crippen LogP) is 4.15. The Morgan fingerprint density at radius 3 is 2.87 bits per heavy atom. The van der Waals surface area contributed by atoms with Crippen LogP contribution in [-0.2, 0) is 11.2 Å². The van der Waals surface area contributed by atoms with Gasteiger partial charge in [0.05, 0.1) is 23.7 Å². The molecule has 156 valence electrons. The molecule has 0 bridgehead atoms. The van der Waals surface area contributed by atoms with Crippen molar-refractivity contribution in [2.45, 2.75) is 24.9 Å². The maximum atomic E-state index is 11.6. The molecular weight excluding hydrogens is 412 g/mol. The molecular formula is C19H18N4O6S. The Morgan fingerprint density at radius 2 is 2.20 bits per heavy atom. The number of ether oxygens (including phenoxy) is 1. The first-order valence-corrected chi connectivity index (χ1v) is 9.69. The number of hydrogen-bond acceptors (Lipinski definition) is 8. The Hall–Kier alpha value is -3.60. The summed E-state index contributed by atoms with van der Waals surface area (Å²) in [4.78, 5) is 26.7. The normalized spacial score (nSPS) is 11.5. The summed E-state index contributed by atoms with van der Waals surface area (Å²) in [6.45, 7) is 2.00. The van der Waals surface area contributed by atoms with Crippen LogP contribution in [0.1, 0.15) is 24.9 Å². The Kier molecular flexibility index (Phi) is 6.52. The number of methoxy groups -OCH3 is 1. The lowest BCUT2D eigenvalue weighted by Crippen LogP contribution is -1.97. The molecule has 0 spiro atoms. The smallest absolute Gasteiger partial charge is 0.342 e. The topological polar surface area (TPSA) is 144 Å². The second-order valence-electron chi connectivity index (χ2n) is 6.07. The molecule has 0 aliphatic heterocycles. The number of benzene rings is 1. The number of rotatable bonds is 9. The molecule has 3 rings (SSSR count). The zero-order valence-electron chi connectivity index (χ0n) is 16.1. The van der Waals surface area contributed by atoms with E-state index in [1.54, 1.807) is 6.07 Å². The summed E-state index contributed by atoms with van der Waals surface area (Å²) in [5, 5.41) is 27.9. The number of hydrogen-bond donors (Lipinski definition) is 2. The second-order valence-corrected chi connectivity index (χ2v) is 7.08. The highest BCUT2D eigenvalue weighted by atomic mass is 32.2. The second kappa shape index (κ2) is 9.27. The molecule has 2 aromatic heterocycles. The molecule has 10 nitrogen and oxygen atoms in total. The fourth-order valence-electron chi connectivity index (χ4n) is 2.61. The third kappa shape index (κ3) is 4.87. The van der Waals surface area contributed by atoms with Crippen LogP contribution in [0.3, 0.4) is 0 Å². The maximum Gasteiger partial charge on any atom is 0.342 e. The van der Waals surface area contributed by atoms with Crippen molar-refractivity contribution in [3.05, 3.63) is 56.9 Å². The minimum Gasteiger partial charge on any atom is -0.497 e. The Morgan fingerprint density at radius 1 is 1.40 bits per heavy atom. The van der Waals surface area contributed by atoms with E-state index >= 15 is 0 Å². The number of nitro benzene ring substituents is 1. The van der Waals surface area contributed by atoms with E-state index in [4.69, 9.17) is 9.15 Å². The van der Waals surface area contributed by atoms with Crippen LogP contribution in [0.4, 0.5) is 5.69 Å². The number of aromatic amines is 1. The van der Waals surface area contributed by atoms with Crippen molar-refractivity contribution >= 4 is 29.5 Å². The summed E-state index contributed by atoms with van der Waals surface area (Å²) in [6, 6.07) is 7.46. The molecule has 0 fully saturated rings. The molecule has 0 saturated heterocycles. The van der Waals surface area contributed by atoms with Crippen LogP contribution < -0.4 is 4.74 Å². The molecule has 0 aliphatic carbocycles. The molecule has 0 atom stereocenters. The van der Waals surface area contributed by atoms with Gasteiger partial charge in [-0.25, -0.2) is 9.78 Å². The van der Waals surface area contributed by atoms with Gasteiger partial charge in [-0.1, -0.05) is 6.92 Å². The van der Waals surface area contributed by atoms with Gasteiger partial charge in [0.2, 0.25) is 5.16 Å². The number of thioether (sulfide) groups is 1. The van der Waals surface area contributed by atoms with Crippen molar-refractivity contribution in [2.75, 3.05) is 7.11 Å². The number of nitro groups is 1. The number of aryl methyl sites for hydroxylation is 1. The molecule has 0 radical (unpaired) electrons. The first kappa shape index (κ1) is 21.1. The van der Waals surface area contributed by atoms with Gasteiger partial charge in [-0.15, -0.1) is 5.10 Å². The Labute approximate surface area is 175 Å². The van der Waals surface area contributed by atoms with Crippen molar-refractivity contribution < 1.29 is 24.0 Å². The number of nitrogens with one attached hydrogen (secondary N) is 1. The zero-order valence-corrected chi connectivity index (χ0v) is 16.9. The van der Waals surface area contributed by atoms with Crippen LogP contribution in [0.2, 0.25) is 0 Å². The summed E-state index contributed by atoms with van der Waals surface area (Å²) in [6.07, 6.45) is 2.91. The third-order valence-corrected chi connectivity index (χ3v) is 4.85. The van der Waals surface area contributed by atoms with Crippen LogP contribution in [0.25, 0.3) is 17.4 Å². The van der Waals surface area contributed by atoms with Gasteiger partial charge in [-0.3, -0.25) is 15.2 Å². The lowest BCUT2D eigenvalue weighted by Gasteiger charge is -2.03. The largest absolute Gasteiger partial charge is 0.497 e. The summed E-state index contributed by atoms with van der Waals surface area (Å²) in [5.41, 5.74) is 0.0689. The Bertz CT molecular complexity index is 1100. The number of carboxylic acids is 1. The molecule has 2 heterocycles. The monoisotopic (exact) mass is 430 g/mol. The molecule has 0 saturated carbocycles. The van der Waals surface area contributed by atoms with Crippen LogP contribution in [0.5, 0.6) is 5.75 Å². The molecule has 3 aromatic rings. The molecule has 0 aliphatic rings. The van der Waals surface area contributed by atoms with E-state index in [0.717, 1.165) is 18.2 Å². The third-order valence-electron chi connectivity index (χ3n) is 3.98. The lowest BCUT2D eigenvalue weighted by atomic mass is 10.1. The quantitative estimate of drug-likeness (QED) is 0.221. The SMILES string of the molecule is CCCc1nc(S/C(=C\c2ccc(-c3ccc(OC)cc3[N+](=O)[O-])o2)C(=O)O)n[nH]1. The maximum absolute atomic E-state index is 11.6. The number of nitrogens with zero attached hydrogens (tertiary/aromatic N) is 3. The van der Waals surface area contributed by atoms with Crippen LogP contribution in [-0.4, -0.2) is 38.3 Å². The van der Waals surface area contributed by atoms with Gasteiger partial charge < -0.3 is 14.3 Å². The summed E-state index contributed by atoms with van der Waals surface area (Å²) in [7, 11) is 1.42.